The molecule has 0 aliphatic carbocycles. The van der Waals surface area contributed by atoms with Gasteiger partial charge in [-0.15, -0.1) is 5.10 Å². The van der Waals surface area contributed by atoms with Gasteiger partial charge in [-0.2, -0.15) is 4.98 Å². The second-order valence-electron chi connectivity index (χ2n) is 4.15. The second kappa shape index (κ2) is 4.61. The van der Waals surface area contributed by atoms with Gasteiger partial charge < -0.3 is 15.2 Å². The first kappa shape index (κ1) is 11.0. The molecule has 2 aromatic heterocycles. The number of nitrogens with zero attached hydrogens (tertiary/aromatic N) is 3. The summed E-state index contributed by atoms with van der Waals surface area (Å²) in [6.07, 6.45) is 0. The zero-order valence-corrected chi connectivity index (χ0v) is 9.81. The van der Waals surface area contributed by atoms with E-state index in [0.717, 1.165) is 26.2 Å². The van der Waals surface area contributed by atoms with E-state index in [4.69, 9.17) is 0 Å². The standard InChI is InChI=1S/C11H14N6O/c18-9-3-1-2-8(13-9)10-14-11(16-15-10)17-6-4-12-5-7-17/h1-3,12H,4-7H2,(H,13,18)(H,14,15,16). The molecular formula is C11H14N6O. The fraction of sp³-hybridized carbons (Fsp3) is 0.364. The number of aromatic amines is 2. The summed E-state index contributed by atoms with van der Waals surface area (Å²) >= 11 is 0. The van der Waals surface area contributed by atoms with Crippen LogP contribution in [0.25, 0.3) is 11.5 Å². The fourth-order valence-electron chi connectivity index (χ4n) is 1.97. The van der Waals surface area contributed by atoms with E-state index in [-0.39, 0.29) is 5.56 Å². The van der Waals surface area contributed by atoms with Gasteiger partial charge in [-0.25, -0.2) is 0 Å². The number of nitrogens with one attached hydrogen (secondary N) is 3. The van der Waals surface area contributed by atoms with E-state index in [0.29, 0.717) is 17.5 Å². The summed E-state index contributed by atoms with van der Waals surface area (Å²) in [4.78, 5) is 20.5. The van der Waals surface area contributed by atoms with Crippen molar-refractivity contribution in [3.63, 3.8) is 0 Å². The van der Waals surface area contributed by atoms with Crippen LogP contribution < -0.4 is 15.8 Å². The van der Waals surface area contributed by atoms with Crippen molar-refractivity contribution in [3.05, 3.63) is 28.6 Å². The van der Waals surface area contributed by atoms with Gasteiger partial charge in [-0.3, -0.25) is 9.89 Å². The van der Waals surface area contributed by atoms with Crippen LogP contribution in [0.2, 0.25) is 0 Å². The summed E-state index contributed by atoms with van der Waals surface area (Å²) in [5.41, 5.74) is 0.504. The number of H-pyrrole nitrogens is 2. The van der Waals surface area contributed by atoms with Gasteiger partial charge in [0.1, 0.15) is 0 Å². The third-order valence-electron chi connectivity index (χ3n) is 2.90. The number of piperazine rings is 1. The second-order valence-corrected chi connectivity index (χ2v) is 4.15. The monoisotopic (exact) mass is 246 g/mol. The average Bonchev–Trinajstić information content (AvgIpc) is 2.89. The molecule has 18 heavy (non-hydrogen) atoms. The molecule has 7 heteroatoms. The van der Waals surface area contributed by atoms with Crippen LogP contribution in [0, 0.1) is 0 Å². The molecular weight excluding hydrogens is 232 g/mol. The first-order valence-electron chi connectivity index (χ1n) is 5.91. The van der Waals surface area contributed by atoms with Crippen molar-refractivity contribution >= 4 is 5.95 Å². The first-order valence-corrected chi connectivity index (χ1v) is 5.91. The van der Waals surface area contributed by atoms with E-state index >= 15 is 0 Å². The van der Waals surface area contributed by atoms with Crippen molar-refractivity contribution < 1.29 is 0 Å². The third-order valence-corrected chi connectivity index (χ3v) is 2.90. The summed E-state index contributed by atoms with van der Waals surface area (Å²) in [6, 6.07) is 4.96. The lowest BCUT2D eigenvalue weighted by molar-refractivity contribution is 0.580. The van der Waals surface area contributed by atoms with E-state index in [1.807, 2.05) is 0 Å². The predicted octanol–water partition coefficient (Wildman–Crippen LogP) is -0.430. The smallest absolute Gasteiger partial charge is 0.248 e. The Morgan fingerprint density at radius 1 is 1.22 bits per heavy atom. The average molecular weight is 246 g/mol. The topological polar surface area (TPSA) is 89.7 Å². The van der Waals surface area contributed by atoms with E-state index in [2.05, 4.69) is 30.4 Å². The molecule has 0 bridgehead atoms. The minimum absolute atomic E-state index is 0.146. The predicted molar refractivity (Wildman–Crippen MR) is 67.5 cm³/mol. The van der Waals surface area contributed by atoms with Gasteiger partial charge in [-0.1, -0.05) is 6.07 Å². The van der Waals surface area contributed by atoms with Gasteiger partial charge in [0.25, 0.3) is 0 Å². The maximum atomic E-state index is 11.2. The van der Waals surface area contributed by atoms with Gasteiger partial charge in [0, 0.05) is 32.2 Å². The summed E-state index contributed by atoms with van der Waals surface area (Å²) in [5.74, 6) is 1.26. The van der Waals surface area contributed by atoms with E-state index < -0.39 is 0 Å². The zero-order chi connectivity index (χ0) is 12.4. The Kier molecular flexibility index (Phi) is 2.81. The molecule has 0 spiro atoms. The molecule has 1 aliphatic rings. The number of hydrogen-bond acceptors (Lipinski definition) is 5. The fourth-order valence-corrected chi connectivity index (χ4v) is 1.97. The lowest BCUT2D eigenvalue weighted by atomic mass is 10.3. The van der Waals surface area contributed by atoms with Gasteiger partial charge >= 0.3 is 0 Å². The molecule has 0 saturated carbocycles. The molecule has 0 amide bonds. The largest absolute Gasteiger partial charge is 0.337 e. The highest BCUT2D eigenvalue weighted by atomic mass is 16.1. The lowest BCUT2D eigenvalue weighted by Gasteiger charge is -2.25. The van der Waals surface area contributed by atoms with Crippen LogP contribution >= 0.6 is 0 Å². The van der Waals surface area contributed by atoms with E-state index in [1.165, 1.54) is 6.07 Å². The van der Waals surface area contributed by atoms with Crippen LogP contribution in [0.15, 0.2) is 23.0 Å². The Balaban J connectivity index is 1.86. The molecule has 0 atom stereocenters. The first-order chi connectivity index (χ1) is 8.83. The Bertz CT molecular complexity index is 583. The number of rotatable bonds is 2. The Morgan fingerprint density at radius 2 is 2.06 bits per heavy atom. The summed E-state index contributed by atoms with van der Waals surface area (Å²) in [5, 5.41) is 10.3. The molecule has 0 radical (unpaired) electrons. The van der Waals surface area contributed by atoms with Gasteiger partial charge in [0.05, 0.1) is 5.69 Å². The molecule has 94 valence electrons. The van der Waals surface area contributed by atoms with E-state index in [1.54, 1.807) is 12.1 Å². The Hall–Kier alpha value is -2.15. The highest BCUT2D eigenvalue weighted by Crippen LogP contribution is 2.14. The lowest BCUT2D eigenvalue weighted by Crippen LogP contribution is -2.44. The van der Waals surface area contributed by atoms with Crippen LogP contribution in [0.1, 0.15) is 0 Å². The van der Waals surface area contributed by atoms with Crippen LogP contribution in [-0.4, -0.2) is 46.3 Å². The van der Waals surface area contributed by atoms with Crippen LogP contribution in [-0.2, 0) is 0 Å². The number of hydrogen-bond donors (Lipinski definition) is 3. The van der Waals surface area contributed by atoms with Crippen molar-refractivity contribution in [2.45, 2.75) is 0 Å². The van der Waals surface area contributed by atoms with Crippen LogP contribution in [0.5, 0.6) is 0 Å². The number of anilines is 1. The maximum Gasteiger partial charge on any atom is 0.248 e. The summed E-state index contributed by atoms with van der Waals surface area (Å²) in [6.45, 7) is 3.66. The van der Waals surface area contributed by atoms with Crippen LogP contribution in [0.4, 0.5) is 5.95 Å². The highest BCUT2D eigenvalue weighted by Gasteiger charge is 2.15. The molecule has 3 rings (SSSR count). The van der Waals surface area contributed by atoms with Crippen molar-refractivity contribution in [2.75, 3.05) is 31.1 Å². The van der Waals surface area contributed by atoms with E-state index in [9.17, 15) is 4.79 Å². The van der Waals surface area contributed by atoms with Crippen molar-refractivity contribution in [1.29, 1.82) is 0 Å². The summed E-state index contributed by atoms with van der Waals surface area (Å²) in [7, 11) is 0. The minimum atomic E-state index is -0.146. The third kappa shape index (κ3) is 2.12. The van der Waals surface area contributed by atoms with Gasteiger partial charge in [0.2, 0.25) is 11.5 Å². The van der Waals surface area contributed by atoms with Crippen molar-refractivity contribution in [2.24, 2.45) is 0 Å². The number of pyridine rings is 1. The molecule has 1 aliphatic heterocycles. The molecule has 0 aromatic carbocycles. The molecule has 1 saturated heterocycles. The van der Waals surface area contributed by atoms with Gasteiger partial charge in [-0.05, 0) is 6.07 Å². The highest BCUT2D eigenvalue weighted by molar-refractivity contribution is 5.50. The van der Waals surface area contributed by atoms with Gasteiger partial charge in [0.15, 0.2) is 5.82 Å². The number of aromatic nitrogens is 4. The SMILES string of the molecule is O=c1cccc(-c2nc(N3CCNCC3)n[nH]2)[nH]1. The molecule has 7 nitrogen and oxygen atoms in total. The minimum Gasteiger partial charge on any atom is -0.337 e. The molecule has 3 heterocycles. The zero-order valence-electron chi connectivity index (χ0n) is 9.81. The molecule has 1 fully saturated rings. The Labute approximate surface area is 103 Å². The summed E-state index contributed by atoms with van der Waals surface area (Å²) < 4.78 is 0. The quantitative estimate of drug-likeness (QED) is 0.669. The van der Waals surface area contributed by atoms with Crippen LogP contribution in [0.3, 0.4) is 0 Å². The maximum absolute atomic E-state index is 11.2. The Morgan fingerprint density at radius 3 is 2.83 bits per heavy atom. The normalized spacial score (nSPS) is 15.9. The van der Waals surface area contributed by atoms with Crippen molar-refractivity contribution in [1.82, 2.24) is 25.5 Å². The van der Waals surface area contributed by atoms with Crippen molar-refractivity contribution in [3.8, 4) is 11.5 Å². The molecule has 0 unspecified atom stereocenters. The molecule has 3 N–H and O–H groups in total. The molecule has 2 aromatic rings.